The molecular weight excluding hydrogens is 170 g/mol. The van der Waals surface area contributed by atoms with Crippen LogP contribution >= 0.6 is 0 Å². The summed E-state index contributed by atoms with van der Waals surface area (Å²) in [6, 6.07) is 0.132. The Morgan fingerprint density at radius 1 is 1.54 bits per heavy atom. The van der Waals surface area contributed by atoms with Gasteiger partial charge in [0.15, 0.2) is 0 Å². The van der Waals surface area contributed by atoms with Crippen LogP contribution in [0.2, 0.25) is 0 Å². The van der Waals surface area contributed by atoms with Crippen LogP contribution in [0.25, 0.3) is 0 Å². The third kappa shape index (κ3) is 2.21. The Morgan fingerprint density at radius 3 is 2.54 bits per heavy atom. The van der Waals surface area contributed by atoms with Crippen LogP contribution in [0, 0.1) is 0 Å². The highest BCUT2D eigenvalue weighted by atomic mass is 16.6. The van der Waals surface area contributed by atoms with Crippen LogP contribution in [0.3, 0.4) is 0 Å². The molecular formula is C9H15NO3. The van der Waals surface area contributed by atoms with Gasteiger partial charge in [0, 0.05) is 0 Å². The quantitative estimate of drug-likeness (QED) is 0.579. The van der Waals surface area contributed by atoms with Crippen LogP contribution < -0.4 is 0 Å². The Balaban J connectivity index is 2.62. The molecule has 1 heterocycles. The van der Waals surface area contributed by atoms with E-state index >= 15 is 0 Å². The van der Waals surface area contributed by atoms with Gasteiger partial charge in [-0.2, -0.15) is 0 Å². The number of amides is 1. The van der Waals surface area contributed by atoms with Crippen molar-refractivity contribution in [2.45, 2.75) is 25.9 Å². The molecule has 0 aromatic heterocycles. The topological polar surface area (TPSA) is 38.8 Å². The summed E-state index contributed by atoms with van der Waals surface area (Å²) in [6.45, 7) is 8.34. The number of rotatable bonds is 1. The lowest BCUT2D eigenvalue weighted by Gasteiger charge is -2.37. The van der Waals surface area contributed by atoms with E-state index in [4.69, 9.17) is 9.47 Å². The third-order valence-electron chi connectivity index (χ3n) is 2.06. The first-order chi connectivity index (χ1) is 6.16. The molecule has 0 radical (unpaired) electrons. The van der Waals surface area contributed by atoms with E-state index in [0.29, 0.717) is 13.2 Å². The van der Waals surface area contributed by atoms with E-state index in [2.05, 4.69) is 6.58 Å². The summed E-state index contributed by atoms with van der Waals surface area (Å²) in [4.78, 5) is 13.1. The van der Waals surface area contributed by atoms with E-state index in [1.54, 1.807) is 4.90 Å². The van der Waals surface area contributed by atoms with Crippen molar-refractivity contribution in [1.82, 2.24) is 4.90 Å². The van der Waals surface area contributed by atoms with Crippen molar-refractivity contribution in [3.63, 3.8) is 0 Å². The average Bonchev–Trinajstić information content (AvgIpc) is 2.04. The summed E-state index contributed by atoms with van der Waals surface area (Å²) in [7, 11) is 0. The Labute approximate surface area is 78.1 Å². The van der Waals surface area contributed by atoms with E-state index in [-0.39, 0.29) is 18.2 Å². The number of hydrogen-bond donors (Lipinski definition) is 0. The number of hydrogen-bond acceptors (Lipinski definition) is 3. The fourth-order valence-corrected chi connectivity index (χ4v) is 1.50. The van der Waals surface area contributed by atoms with Crippen molar-refractivity contribution in [2.24, 2.45) is 0 Å². The second-order valence-corrected chi connectivity index (χ2v) is 3.19. The Kier molecular flexibility index (Phi) is 3.31. The number of nitrogens with zero attached hydrogens (tertiary/aromatic N) is 1. The number of morpholine rings is 1. The zero-order chi connectivity index (χ0) is 9.84. The summed E-state index contributed by atoms with van der Waals surface area (Å²) in [6.07, 6.45) is 0.801. The molecule has 74 valence electrons. The standard InChI is InChI=1S/C9H15NO3/c1-4-13-9(11)10-7(2)5-12-6-8(10)3/h4,7-8H,1,5-6H2,2-3H3. The first-order valence-corrected chi connectivity index (χ1v) is 4.34. The van der Waals surface area contributed by atoms with Gasteiger partial charge in [-0.3, -0.25) is 4.90 Å². The molecule has 0 aromatic rings. The van der Waals surface area contributed by atoms with Crippen LogP contribution in [0.1, 0.15) is 13.8 Å². The molecule has 1 rings (SSSR count). The maximum absolute atomic E-state index is 11.4. The number of ether oxygens (including phenoxy) is 2. The summed E-state index contributed by atoms with van der Waals surface area (Å²) in [5.74, 6) is 0. The predicted molar refractivity (Wildman–Crippen MR) is 48.3 cm³/mol. The molecule has 0 saturated carbocycles. The van der Waals surface area contributed by atoms with Crippen LogP contribution in [-0.4, -0.2) is 36.3 Å². The molecule has 1 aliphatic heterocycles. The van der Waals surface area contributed by atoms with Gasteiger partial charge in [-0.15, -0.1) is 0 Å². The van der Waals surface area contributed by atoms with E-state index in [1.807, 2.05) is 13.8 Å². The minimum Gasteiger partial charge on any atom is -0.419 e. The Bertz CT molecular complexity index is 195. The zero-order valence-electron chi connectivity index (χ0n) is 8.03. The van der Waals surface area contributed by atoms with E-state index in [1.165, 1.54) is 0 Å². The van der Waals surface area contributed by atoms with Gasteiger partial charge >= 0.3 is 6.09 Å². The molecule has 1 saturated heterocycles. The molecule has 0 spiro atoms. The molecule has 0 N–H and O–H groups in total. The first kappa shape index (κ1) is 10.1. The van der Waals surface area contributed by atoms with Gasteiger partial charge in [-0.25, -0.2) is 4.79 Å². The number of carbonyl (C=O) groups is 1. The molecule has 0 aromatic carbocycles. The SMILES string of the molecule is C=COC(=O)N1C(C)COCC1C. The van der Waals surface area contributed by atoms with Gasteiger partial charge in [0.25, 0.3) is 0 Å². The van der Waals surface area contributed by atoms with Crippen LogP contribution in [0.15, 0.2) is 12.8 Å². The lowest BCUT2D eigenvalue weighted by molar-refractivity contribution is -0.0268. The molecule has 2 atom stereocenters. The van der Waals surface area contributed by atoms with Gasteiger partial charge in [0.1, 0.15) is 0 Å². The summed E-state index contributed by atoms with van der Waals surface area (Å²) < 4.78 is 9.99. The second kappa shape index (κ2) is 4.28. The maximum atomic E-state index is 11.4. The lowest BCUT2D eigenvalue weighted by atomic mass is 10.2. The average molecular weight is 185 g/mol. The highest BCUT2D eigenvalue weighted by Gasteiger charge is 2.30. The largest absolute Gasteiger partial charge is 0.419 e. The van der Waals surface area contributed by atoms with E-state index in [9.17, 15) is 4.79 Å². The van der Waals surface area contributed by atoms with Gasteiger partial charge in [0.2, 0.25) is 0 Å². The molecule has 0 bridgehead atoms. The van der Waals surface area contributed by atoms with Crippen molar-refractivity contribution in [2.75, 3.05) is 13.2 Å². The molecule has 1 amide bonds. The zero-order valence-corrected chi connectivity index (χ0v) is 8.03. The van der Waals surface area contributed by atoms with Crippen LogP contribution in [-0.2, 0) is 9.47 Å². The van der Waals surface area contributed by atoms with Crippen molar-refractivity contribution in [3.8, 4) is 0 Å². The highest BCUT2D eigenvalue weighted by Crippen LogP contribution is 2.14. The third-order valence-corrected chi connectivity index (χ3v) is 2.06. The monoisotopic (exact) mass is 185 g/mol. The highest BCUT2D eigenvalue weighted by molar-refractivity contribution is 5.69. The first-order valence-electron chi connectivity index (χ1n) is 4.34. The Morgan fingerprint density at radius 2 is 2.08 bits per heavy atom. The fourth-order valence-electron chi connectivity index (χ4n) is 1.50. The molecule has 1 fully saturated rings. The van der Waals surface area contributed by atoms with E-state index in [0.717, 1.165) is 6.26 Å². The van der Waals surface area contributed by atoms with Crippen molar-refractivity contribution < 1.29 is 14.3 Å². The van der Waals surface area contributed by atoms with Gasteiger partial charge in [0.05, 0.1) is 31.6 Å². The smallest absolute Gasteiger partial charge is 0.415 e. The van der Waals surface area contributed by atoms with Crippen molar-refractivity contribution in [3.05, 3.63) is 12.8 Å². The predicted octanol–water partition coefficient (Wildman–Crippen LogP) is 1.38. The summed E-state index contributed by atoms with van der Waals surface area (Å²) in [5.41, 5.74) is 0. The molecule has 0 aliphatic carbocycles. The second-order valence-electron chi connectivity index (χ2n) is 3.19. The number of carbonyl (C=O) groups excluding carboxylic acids is 1. The van der Waals surface area contributed by atoms with Crippen LogP contribution in [0.4, 0.5) is 4.79 Å². The lowest BCUT2D eigenvalue weighted by Crippen LogP contribution is -2.52. The minimum atomic E-state index is -0.349. The summed E-state index contributed by atoms with van der Waals surface area (Å²) in [5, 5.41) is 0. The molecule has 1 aliphatic rings. The van der Waals surface area contributed by atoms with Gasteiger partial charge in [-0.1, -0.05) is 6.58 Å². The normalized spacial score (nSPS) is 28.3. The van der Waals surface area contributed by atoms with Crippen LogP contribution in [0.5, 0.6) is 0 Å². The molecule has 4 heteroatoms. The molecule has 2 unspecified atom stereocenters. The molecule has 13 heavy (non-hydrogen) atoms. The molecule has 4 nitrogen and oxygen atoms in total. The van der Waals surface area contributed by atoms with Gasteiger partial charge < -0.3 is 9.47 Å². The minimum absolute atomic E-state index is 0.0659. The van der Waals surface area contributed by atoms with Crippen molar-refractivity contribution in [1.29, 1.82) is 0 Å². The fraction of sp³-hybridized carbons (Fsp3) is 0.667. The summed E-state index contributed by atoms with van der Waals surface area (Å²) >= 11 is 0. The van der Waals surface area contributed by atoms with E-state index < -0.39 is 0 Å². The maximum Gasteiger partial charge on any atom is 0.415 e. The Hall–Kier alpha value is -1.03. The van der Waals surface area contributed by atoms with Gasteiger partial charge in [-0.05, 0) is 13.8 Å². The van der Waals surface area contributed by atoms with Crippen molar-refractivity contribution >= 4 is 6.09 Å².